The molecule has 0 aliphatic heterocycles. The fourth-order valence-electron chi connectivity index (χ4n) is 1.77. The van der Waals surface area contributed by atoms with Crippen LogP contribution in [0.5, 0.6) is 5.75 Å². The highest BCUT2D eigenvalue weighted by atomic mass is 32.2. The van der Waals surface area contributed by atoms with Crippen molar-refractivity contribution in [2.45, 2.75) is 45.1 Å². The minimum absolute atomic E-state index is 0.120. The van der Waals surface area contributed by atoms with Gasteiger partial charge in [-0.1, -0.05) is 6.92 Å². The van der Waals surface area contributed by atoms with Gasteiger partial charge in [0.15, 0.2) is 0 Å². The van der Waals surface area contributed by atoms with Crippen LogP contribution in [0.4, 0.5) is 0 Å². The van der Waals surface area contributed by atoms with Crippen LogP contribution in [0.3, 0.4) is 0 Å². The number of hydrogen-bond acceptors (Lipinski definition) is 4. The first-order chi connectivity index (χ1) is 9.35. The molecule has 0 heterocycles. The monoisotopic (exact) mass is 301 g/mol. The van der Waals surface area contributed by atoms with Gasteiger partial charge in [0.2, 0.25) is 10.0 Å². The molecule has 1 atom stereocenters. The molecule has 0 spiro atoms. The van der Waals surface area contributed by atoms with Gasteiger partial charge in [0.05, 0.1) is 13.2 Å². The highest BCUT2D eigenvalue weighted by Gasteiger charge is 2.23. The molecule has 20 heavy (non-hydrogen) atoms. The van der Waals surface area contributed by atoms with E-state index in [0.717, 1.165) is 11.1 Å². The van der Waals surface area contributed by atoms with E-state index in [4.69, 9.17) is 9.84 Å². The standard InChI is InChI=1S/C14H23NO4S/c1-5-12(9-16)15-20(17,18)14-8-11(4)10(3)7-13(14)19-6-2/h7-8,12,15-16H,5-6,9H2,1-4H3/t12-/m1/s1. The molecule has 114 valence electrons. The van der Waals surface area contributed by atoms with Crippen molar-refractivity contribution in [3.8, 4) is 5.75 Å². The van der Waals surface area contributed by atoms with E-state index < -0.39 is 16.1 Å². The molecule has 2 N–H and O–H groups in total. The third-order valence-electron chi connectivity index (χ3n) is 3.18. The number of benzene rings is 1. The number of aryl methyl sites for hydroxylation is 2. The fourth-order valence-corrected chi connectivity index (χ4v) is 3.30. The van der Waals surface area contributed by atoms with Crippen molar-refractivity contribution in [2.24, 2.45) is 0 Å². The van der Waals surface area contributed by atoms with Crippen LogP contribution in [-0.2, 0) is 10.0 Å². The van der Waals surface area contributed by atoms with E-state index in [9.17, 15) is 8.42 Å². The Morgan fingerprint density at radius 1 is 1.25 bits per heavy atom. The molecule has 5 nitrogen and oxygen atoms in total. The van der Waals surface area contributed by atoms with Crippen molar-refractivity contribution < 1.29 is 18.3 Å². The van der Waals surface area contributed by atoms with E-state index in [1.54, 1.807) is 12.1 Å². The molecule has 0 saturated carbocycles. The lowest BCUT2D eigenvalue weighted by Gasteiger charge is -2.18. The molecule has 0 aromatic heterocycles. The number of aliphatic hydroxyl groups excluding tert-OH is 1. The summed E-state index contributed by atoms with van der Waals surface area (Å²) < 4.78 is 32.8. The zero-order chi connectivity index (χ0) is 15.3. The Labute approximate surface area is 121 Å². The molecule has 0 fully saturated rings. The summed E-state index contributed by atoms with van der Waals surface area (Å²) in [5, 5.41) is 9.15. The van der Waals surface area contributed by atoms with Crippen LogP contribution in [0.25, 0.3) is 0 Å². The van der Waals surface area contributed by atoms with Gasteiger partial charge in [0.25, 0.3) is 0 Å². The molecule has 1 aromatic rings. The van der Waals surface area contributed by atoms with E-state index in [0.29, 0.717) is 18.8 Å². The summed E-state index contributed by atoms with van der Waals surface area (Å²) in [5.74, 6) is 0.343. The third-order valence-corrected chi connectivity index (χ3v) is 4.73. The van der Waals surface area contributed by atoms with E-state index in [-0.39, 0.29) is 11.5 Å². The lowest BCUT2D eigenvalue weighted by atomic mass is 10.1. The maximum absolute atomic E-state index is 12.4. The number of ether oxygens (including phenoxy) is 1. The van der Waals surface area contributed by atoms with E-state index in [1.807, 2.05) is 27.7 Å². The topological polar surface area (TPSA) is 75.6 Å². The van der Waals surface area contributed by atoms with Crippen LogP contribution >= 0.6 is 0 Å². The molecule has 1 rings (SSSR count). The molecular weight excluding hydrogens is 278 g/mol. The molecule has 0 radical (unpaired) electrons. The van der Waals surface area contributed by atoms with Crippen LogP contribution < -0.4 is 9.46 Å². The molecule has 0 bridgehead atoms. The summed E-state index contributed by atoms with van der Waals surface area (Å²) in [7, 11) is -3.71. The molecule has 0 aliphatic rings. The van der Waals surface area contributed by atoms with Crippen LogP contribution in [-0.4, -0.2) is 32.8 Å². The Hall–Kier alpha value is -1.11. The zero-order valence-electron chi connectivity index (χ0n) is 12.4. The minimum Gasteiger partial charge on any atom is -0.492 e. The van der Waals surface area contributed by atoms with Gasteiger partial charge in [-0.05, 0) is 50.5 Å². The van der Waals surface area contributed by atoms with E-state index in [2.05, 4.69) is 4.72 Å². The first-order valence-corrected chi connectivity index (χ1v) is 8.21. The maximum Gasteiger partial charge on any atom is 0.244 e. The smallest absolute Gasteiger partial charge is 0.244 e. The average molecular weight is 301 g/mol. The minimum atomic E-state index is -3.71. The van der Waals surface area contributed by atoms with Gasteiger partial charge in [0, 0.05) is 6.04 Å². The fraction of sp³-hybridized carbons (Fsp3) is 0.571. The average Bonchev–Trinajstić information content (AvgIpc) is 2.40. The molecular formula is C14H23NO4S. The molecule has 1 aromatic carbocycles. The van der Waals surface area contributed by atoms with Gasteiger partial charge in [-0.15, -0.1) is 0 Å². The van der Waals surface area contributed by atoms with E-state index in [1.165, 1.54) is 0 Å². The van der Waals surface area contributed by atoms with Gasteiger partial charge in [-0.2, -0.15) is 0 Å². The predicted molar refractivity (Wildman–Crippen MR) is 78.6 cm³/mol. The van der Waals surface area contributed by atoms with Gasteiger partial charge in [-0.3, -0.25) is 0 Å². The second kappa shape index (κ2) is 7.06. The van der Waals surface area contributed by atoms with E-state index >= 15 is 0 Å². The maximum atomic E-state index is 12.4. The first-order valence-electron chi connectivity index (χ1n) is 6.72. The Balaban J connectivity index is 3.25. The third kappa shape index (κ3) is 3.94. The summed E-state index contributed by atoms with van der Waals surface area (Å²) >= 11 is 0. The summed E-state index contributed by atoms with van der Waals surface area (Å²) in [6, 6.07) is 2.84. The number of sulfonamides is 1. The van der Waals surface area contributed by atoms with Crippen LogP contribution in [0, 0.1) is 13.8 Å². The normalized spacial score (nSPS) is 13.2. The number of hydrogen-bond donors (Lipinski definition) is 2. The SMILES string of the molecule is CCOc1cc(C)c(C)cc1S(=O)(=O)N[C@H](CC)CO. The quantitative estimate of drug-likeness (QED) is 0.804. The van der Waals surface area contributed by atoms with Crippen molar-refractivity contribution >= 4 is 10.0 Å². The number of nitrogens with one attached hydrogen (secondary N) is 1. The van der Waals surface area contributed by atoms with Gasteiger partial charge < -0.3 is 9.84 Å². The Morgan fingerprint density at radius 3 is 2.35 bits per heavy atom. The molecule has 0 unspecified atom stereocenters. The Kier molecular flexibility index (Phi) is 5.98. The summed E-state index contributed by atoms with van der Waals surface area (Å²) in [4.78, 5) is 0.120. The summed E-state index contributed by atoms with van der Waals surface area (Å²) in [6.45, 7) is 7.54. The zero-order valence-corrected chi connectivity index (χ0v) is 13.3. The molecule has 0 aliphatic carbocycles. The molecule has 6 heteroatoms. The van der Waals surface area contributed by atoms with Crippen LogP contribution in [0.1, 0.15) is 31.4 Å². The largest absolute Gasteiger partial charge is 0.492 e. The Morgan fingerprint density at radius 2 is 1.85 bits per heavy atom. The lowest BCUT2D eigenvalue weighted by molar-refractivity contribution is 0.253. The molecule has 0 amide bonds. The van der Waals surface area contributed by atoms with Gasteiger partial charge in [-0.25, -0.2) is 13.1 Å². The Bertz CT molecular complexity index is 551. The summed E-state index contributed by atoms with van der Waals surface area (Å²) in [5.41, 5.74) is 1.85. The highest BCUT2D eigenvalue weighted by molar-refractivity contribution is 7.89. The molecule has 0 saturated heterocycles. The second-order valence-electron chi connectivity index (χ2n) is 4.73. The van der Waals surface area contributed by atoms with Gasteiger partial charge >= 0.3 is 0 Å². The van der Waals surface area contributed by atoms with Crippen LogP contribution in [0.2, 0.25) is 0 Å². The number of rotatable bonds is 7. The van der Waals surface area contributed by atoms with Gasteiger partial charge in [0.1, 0.15) is 10.6 Å². The highest BCUT2D eigenvalue weighted by Crippen LogP contribution is 2.27. The van der Waals surface area contributed by atoms with Crippen molar-refractivity contribution in [1.29, 1.82) is 0 Å². The number of aliphatic hydroxyl groups is 1. The van der Waals surface area contributed by atoms with Crippen molar-refractivity contribution in [2.75, 3.05) is 13.2 Å². The lowest BCUT2D eigenvalue weighted by Crippen LogP contribution is -2.37. The van der Waals surface area contributed by atoms with Crippen LogP contribution in [0.15, 0.2) is 17.0 Å². The second-order valence-corrected chi connectivity index (χ2v) is 6.41. The first kappa shape index (κ1) is 16.9. The predicted octanol–water partition coefficient (Wildman–Crippen LogP) is 1.75. The van der Waals surface area contributed by atoms with Crippen molar-refractivity contribution in [3.63, 3.8) is 0 Å². The van der Waals surface area contributed by atoms with Crippen molar-refractivity contribution in [3.05, 3.63) is 23.3 Å². The van der Waals surface area contributed by atoms with Crippen molar-refractivity contribution in [1.82, 2.24) is 4.72 Å². The summed E-state index contributed by atoms with van der Waals surface area (Å²) in [6.07, 6.45) is 0.518.